The van der Waals surface area contributed by atoms with Gasteiger partial charge in [-0.15, -0.1) is 0 Å². The van der Waals surface area contributed by atoms with Gasteiger partial charge >= 0.3 is 0 Å². The molecule has 1 heterocycles. The van der Waals surface area contributed by atoms with E-state index in [0.29, 0.717) is 12.3 Å². The Morgan fingerprint density at radius 1 is 0.946 bits per heavy atom. The fraction of sp³-hybridized carbons (Fsp3) is 0.545. The average Bonchev–Trinajstić information content (AvgIpc) is 3.27. The number of aromatic nitrogens is 1. The lowest BCUT2D eigenvalue weighted by Crippen LogP contribution is -2.40. The SMILES string of the molecule is CC(C)c1cccc(C(CC(=O)N[C@H]2CC[C@H](N)CC2)c2cn(CC3CCCCC3)c3ccccc23)c1. The van der Waals surface area contributed by atoms with E-state index in [1.54, 1.807) is 0 Å². The maximum absolute atomic E-state index is 13.5. The molecule has 0 saturated heterocycles. The zero-order valence-corrected chi connectivity index (χ0v) is 22.8. The summed E-state index contributed by atoms with van der Waals surface area (Å²) >= 11 is 0. The van der Waals surface area contributed by atoms with Crippen molar-refractivity contribution in [2.45, 2.75) is 109 Å². The molecular weight excluding hydrogens is 454 g/mol. The first-order valence-corrected chi connectivity index (χ1v) is 14.7. The Hall–Kier alpha value is -2.59. The summed E-state index contributed by atoms with van der Waals surface area (Å²) < 4.78 is 2.49. The van der Waals surface area contributed by atoms with Gasteiger partial charge in [0.2, 0.25) is 5.91 Å². The molecule has 2 aliphatic carbocycles. The number of para-hydroxylation sites is 1. The molecule has 4 nitrogen and oxygen atoms in total. The molecule has 2 aromatic carbocycles. The van der Waals surface area contributed by atoms with Crippen LogP contribution in [0.15, 0.2) is 54.7 Å². The van der Waals surface area contributed by atoms with Gasteiger partial charge in [-0.3, -0.25) is 4.79 Å². The van der Waals surface area contributed by atoms with E-state index in [9.17, 15) is 4.79 Å². The van der Waals surface area contributed by atoms with Crippen molar-refractivity contribution in [2.24, 2.45) is 11.7 Å². The van der Waals surface area contributed by atoms with Crippen molar-refractivity contribution in [3.05, 3.63) is 71.4 Å². The Balaban J connectivity index is 1.48. The second-order valence-electron chi connectivity index (χ2n) is 12.0. The van der Waals surface area contributed by atoms with E-state index in [-0.39, 0.29) is 23.9 Å². The van der Waals surface area contributed by atoms with E-state index < -0.39 is 0 Å². The van der Waals surface area contributed by atoms with Gasteiger partial charge in [0.1, 0.15) is 0 Å². The number of amides is 1. The molecule has 3 N–H and O–H groups in total. The molecule has 1 amide bonds. The van der Waals surface area contributed by atoms with Gasteiger partial charge < -0.3 is 15.6 Å². The number of nitrogens with one attached hydrogen (secondary N) is 1. The smallest absolute Gasteiger partial charge is 0.221 e. The number of benzene rings is 2. The second kappa shape index (κ2) is 11.9. The molecular formula is C33H45N3O. The summed E-state index contributed by atoms with van der Waals surface area (Å²) in [7, 11) is 0. The largest absolute Gasteiger partial charge is 0.353 e. The molecule has 0 spiro atoms. The number of hydrogen-bond donors (Lipinski definition) is 2. The van der Waals surface area contributed by atoms with Crippen LogP contribution in [0.1, 0.15) is 107 Å². The zero-order chi connectivity index (χ0) is 25.8. The van der Waals surface area contributed by atoms with Gasteiger partial charge in [-0.25, -0.2) is 0 Å². The molecule has 1 atom stereocenters. The Bertz CT molecular complexity index is 1180. The van der Waals surface area contributed by atoms with Crippen molar-refractivity contribution in [3.8, 4) is 0 Å². The summed E-state index contributed by atoms with van der Waals surface area (Å²) in [5.41, 5.74) is 11.3. The predicted octanol–water partition coefficient (Wildman–Crippen LogP) is 7.25. The molecule has 2 aliphatic rings. The van der Waals surface area contributed by atoms with E-state index in [1.165, 1.54) is 59.7 Å². The first-order valence-electron chi connectivity index (χ1n) is 14.7. The highest BCUT2D eigenvalue weighted by molar-refractivity contribution is 5.86. The summed E-state index contributed by atoms with van der Waals surface area (Å²) in [6.45, 7) is 5.56. The molecule has 0 aliphatic heterocycles. The standard InChI is InChI=1S/C33H45N3O/c1-23(2)25-11-8-12-26(19-25)30(20-33(37)35-28-17-15-27(34)16-18-28)31-22-36(21-24-9-4-3-5-10-24)32-14-7-6-13-29(31)32/h6-8,11-14,19,22-24,27-28,30H,3-5,9-10,15-18,20-21,34H2,1-2H3,(H,35,37)/t27-,28-,30?. The van der Waals surface area contributed by atoms with Crippen molar-refractivity contribution in [1.29, 1.82) is 0 Å². The maximum Gasteiger partial charge on any atom is 0.221 e. The van der Waals surface area contributed by atoms with Crippen LogP contribution in [0.2, 0.25) is 0 Å². The minimum absolute atomic E-state index is 0.0297. The van der Waals surface area contributed by atoms with E-state index in [4.69, 9.17) is 5.73 Å². The molecule has 0 bridgehead atoms. The van der Waals surface area contributed by atoms with E-state index in [0.717, 1.165) is 38.1 Å². The highest BCUT2D eigenvalue weighted by Crippen LogP contribution is 2.37. The average molecular weight is 500 g/mol. The third-order valence-electron chi connectivity index (χ3n) is 8.88. The molecule has 3 aromatic rings. The Kier molecular flexibility index (Phi) is 8.34. The molecule has 2 saturated carbocycles. The van der Waals surface area contributed by atoms with Crippen LogP contribution in [0.3, 0.4) is 0 Å². The first kappa shape index (κ1) is 26.0. The van der Waals surface area contributed by atoms with Crippen LogP contribution in [0.5, 0.6) is 0 Å². The van der Waals surface area contributed by atoms with Crippen LogP contribution >= 0.6 is 0 Å². The highest BCUT2D eigenvalue weighted by atomic mass is 16.1. The Labute approximate surface area is 223 Å². The third-order valence-corrected chi connectivity index (χ3v) is 8.88. The van der Waals surface area contributed by atoms with Crippen LogP contribution < -0.4 is 11.1 Å². The Morgan fingerprint density at radius 2 is 1.68 bits per heavy atom. The third kappa shape index (κ3) is 6.29. The summed E-state index contributed by atoms with van der Waals surface area (Å²) in [6.07, 6.45) is 13.6. The van der Waals surface area contributed by atoms with Crippen molar-refractivity contribution in [1.82, 2.24) is 9.88 Å². The summed E-state index contributed by atoms with van der Waals surface area (Å²) in [6, 6.07) is 18.3. The minimum Gasteiger partial charge on any atom is -0.353 e. The molecule has 198 valence electrons. The highest BCUT2D eigenvalue weighted by Gasteiger charge is 2.26. The summed E-state index contributed by atoms with van der Waals surface area (Å²) in [4.78, 5) is 13.5. The van der Waals surface area contributed by atoms with E-state index >= 15 is 0 Å². The lowest BCUT2D eigenvalue weighted by atomic mass is 9.85. The van der Waals surface area contributed by atoms with Crippen LogP contribution in [0.4, 0.5) is 0 Å². The van der Waals surface area contributed by atoms with Gasteiger partial charge in [-0.2, -0.15) is 0 Å². The van der Waals surface area contributed by atoms with Gasteiger partial charge in [0, 0.05) is 48.1 Å². The van der Waals surface area contributed by atoms with Crippen LogP contribution in [0.25, 0.3) is 10.9 Å². The molecule has 5 rings (SSSR count). The maximum atomic E-state index is 13.5. The lowest BCUT2D eigenvalue weighted by molar-refractivity contribution is -0.122. The molecule has 1 unspecified atom stereocenters. The monoisotopic (exact) mass is 499 g/mol. The quantitative estimate of drug-likeness (QED) is 0.343. The van der Waals surface area contributed by atoms with Crippen molar-refractivity contribution < 1.29 is 4.79 Å². The zero-order valence-electron chi connectivity index (χ0n) is 22.8. The number of nitrogens with zero attached hydrogens (tertiary/aromatic N) is 1. The number of rotatable bonds is 8. The second-order valence-corrected chi connectivity index (χ2v) is 12.0. The van der Waals surface area contributed by atoms with Gasteiger partial charge in [0.25, 0.3) is 0 Å². The van der Waals surface area contributed by atoms with Crippen LogP contribution in [0, 0.1) is 5.92 Å². The summed E-state index contributed by atoms with van der Waals surface area (Å²) in [5.74, 6) is 1.39. The van der Waals surface area contributed by atoms with Crippen LogP contribution in [-0.2, 0) is 11.3 Å². The fourth-order valence-corrected chi connectivity index (χ4v) is 6.63. The molecule has 2 fully saturated rings. The molecule has 37 heavy (non-hydrogen) atoms. The van der Waals surface area contributed by atoms with Crippen molar-refractivity contribution in [2.75, 3.05) is 0 Å². The van der Waals surface area contributed by atoms with E-state index in [1.807, 2.05) is 0 Å². The van der Waals surface area contributed by atoms with Gasteiger partial charge in [-0.05, 0) is 73.1 Å². The number of hydrogen-bond acceptors (Lipinski definition) is 2. The fourth-order valence-electron chi connectivity index (χ4n) is 6.63. The number of nitrogens with two attached hydrogens (primary N) is 1. The van der Waals surface area contributed by atoms with Gasteiger partial charge in [-0.1, -0.05) is 75.6 Å². The lowest BCUT2D eigenvalue weighted by Gasteiger charge is -2.27. The first-order chi connectivity index (χ1) is 18.0. The van der Waals surface area contributed by atoms with Gasteiger partial charge in [0.05, 0.1) is 0 Å². The molecule has 4 heteroatoms. The van der Waals surface area contributed by atoms with Crippen molar-refractivity contribution >= 4 is 16.8 Å². The normalized spacial score (nSPS) is 21.8. The van der Waals surface area contributed by atoms with Crippen LogP contribution in [-0.4, -0.2) is 22.6 Å². The predicted molar refractivity (Wildman–Crippen MR) is 154 cm³/mol. The number of carbonyl (C=O) groups is 1. The summed E-state index contributed by atoms with van der Waals surface area (Å²) in [5, 5.41) is 4.65. The molecule has 0 radical (unpaired) electrons. The molecule has 1 aromatic heterocycles. The number of carbonyl (C=O) groups excluding carboxylic acids is 1. The van der Waals surface area contributed by atoms with Gasteiger partial charge in [0.15, 0.2) is 0 Å². The Morgan fingerprint density at radius 3 is 2.43 bits per heavy atom. The topological polar surface area (TPSA) is 60.1 Å². The minimum atomic E-state index is 0.0297. The number of fused-ring (bicyclic) bond motifs is 1. The van der Waals surface area contributed by atoms with E-state index in [2.05, 4.69) is 78.5 Å². The van der Waals surface area contributed by atoms with Crippen molar-refractivity contribution in [3.63, 3.8) is 0 Å².